The minimum atomic E-state index is -4.52. The quantitative estimate of drug-likeness (QED) is 0.0195. The molecule has 3 rings (SSSR count). The van der Waals surface area contributed by atoms with Crippen molar-refractivity contribution in [2.24, 2.45) is 0 Å². The summed E-state index contributed by atoms with van der Waals surface area (Å²) >= 11 is 0. The largest absolute Gasteiger partial charge is 0.472 e. The number of carbonyl (C=O) groups is 4. The second-order valence-corrected chi connectivity index (χ2v) is 14.7. The highest BCUT2D eigenvalue weighted by Crippen LogP contribution is 2.43. The van der Waals surface area contributed by atoms with E-state index in [-0.39, 0.29) is 85.1 Å². The first kappa shape index (κ1) is 50.3. The van der Waals surface area contributed by atoms with Crippen molar-refractivity contribution in [1.82, 2.24) is 15.0 Å². The predicted molar refractivity (Wildman–Crippen MR) is 217 cm³/mol. The maximum Gasteiger partial charge on any atom is 0.472 e. The SMILES string of the molecule is Cc1ccc(/C=C/c2ccc(N(CCOCC(O)CO)CCn3cc(COC(=O)CCCOCCOC(=O)CCCOP(=O)(O)OCC(COC=O)OC=O)nn3)cc2)cc1. The minimum Gasteiger partial charge on any atom is -0.464 e. The molecule has 3 atom stereocenters. The Morgan fingerprint density at radius 1 is 0.820 bits per heavy atom. The van der Waals surface area contributed by atoms with Crippen LogP contribution in [0.1, 0.15) is 48.1 Å². The molecule has 2 aromatic carbocycles. The highest BCUT2D eigenvalue weighted by molar-refractivity contribution is 7.47. The van der Waals surface area contributed by atoms with E-state index in [2.05, 4.69) is 68.0 Å². The third-order valence-electron chi connectivity index (χ3n) is 8.36. The lowest BCUT2D eigenvalue weighted by atomic mass is 10.1. The number of benzene rings is 2. The normalized spacial score (nSPS) is 13.2. The van der Waals surface area contributed by atoms with Crippen LogP contribution in [0, 0.1) is 6.92 Å². The zero-order chi connectivity index (χ0) is 44.1. The number of hydrogen-bond acceptors (Lipinski definition) is 18. The summed E-state index contributed by atoms with van der Waals surface area (Å²) in [6.07, 6.45) is 4.16. The Bertz CT molecular complexity index is 1790. The molecular weight excluding hydrogens is 823 g/mol. The van der Waals surface area contributed by atoms with Crippen LogP contribution >= 0.6 is 7.82 Å². The molecule has 0 aliphatic carbocycles. The molecule has 1 aromatic heterocycles. The number of phosphoric ester groups is 1. The molecule has 0 aliphatic rings. The summed E-state index contributed by atoms with van der Waals surface area (Å²) in [4.78, 5) is 56.7. The first-order valence-corrected chi connectivity index (χ1v) is 21.0. The van der Waals surface area contributed by atoms with Crippen molar-refractivity contribution in [2.75, 3.05) is 77.5 Å². The van der Waals surface area contributed by atoms with Crippen LogP contribution < -0.4 is 4.90 Å². The maximum atomic E-state index is 12.3. The summed E-state index contributed by atoms with van der Waals surface area (Å²) in [6, 6.07) is 16.4. The third-order valence-corrected chi connectivity index (χ3v) is 9.34. The number of aliphatic hydroxyl groups is 2. The van der Waals surface area contributed by atoms with Gasteiger partial charge in [0.25, 0.3) is 12.9 Å². The van der Waals surface area contributed by atoms with E-state index < -0.39 is 38.6 Å². The van der Waals surface area contributed by atoms with Gasteiger partial charge in [-0.2, -0.15) is 0 Å². The number of aliphatic hydroxyl groups excluding tert-OH is 2. The van der Waals surface area contributed by atoms with Crippen molar-refractivity contribution >= 4 is 50.5 Å². The summed E-state index contributed by atoms with van der Waals surface area (Å²) in [5.74, 6) is -1.03. The van der Waals surface area contributed by atoms with Crippen molar-refractivity contribution in [3.63, 3.8) is 0 Å². The lowest BCUT2D eigenvalue weighted by molar-refractivity contribution is -0.145. The van der Waals surface area contributed by atoms with Gasteiger partial charge >= 0.3 is 19.8 Å². The summed E-state index contributed by atoms with van der Waals surface area (Å²) in [5.41, 5.74) is 4.80. The molecule has 1 heterocycles. The van der Waals surface area contributed by atoms with Crippen molar-refractivity contribution in [3.05, 3.63) is 77.1 Å². The molecule has 0 radical (unpaired) electrons. The average molecular weight is 879 g/mol. The number of aromatic nitrogens is 3. The molecule has 3 unspecified atom stereocenters. The Morgan fingerprint density at radius 2 is 1.51 bits per heavy atom. The van der Waals surface area contributed by atoms with Crippen molar-refractivity contribution in [3.8, 4) is 0 Å². The first-order chi connectivity index (χ1) is 29.5. The molecule has 61 heavy (non-hydrogen) atoms. The number of anilines is 1. The second kappa shape index (κ2) is 29.2. The molecule has 20 nitrogen and oxygen atoms in total. The lowest BCUT2D eigenvalue weighted by Crippen LogP contribution is -2.32. The van der Waals surface area contributed by atoms with Gasteiger partial charge in [0, 0.05) is 38.2 Å². The van der Waals surface area contributed by atoms with E-state index in [1.165, 1.54) is 5.56 Å². The number of hydrogen-bond donors (Lipinski definition) is 3. The number of ether oxygens (including phenoxy) is 6. The van der Waals surface area contributed by atoms with E-state index >= 15 is 0 Å². The number of nitrogens with zero attached hydrogens (tertiary/aromatic N) is 4. The third kappa shape index (κ3) is 22.4. The molecule has 0 amide bonds. The molecule has 0 saturated heterocycles. The Balaban J connectivity index is 1.29. The molecule has 0 fully saturated rings. The molecule has 0 saturated carbocycles. The predicted octanol–water partition coefficient (Wildman–Crippen LogP) is 2.64. The molecule has 336 valence electrons. The van der Waals surface area contributed by atoms with E-state index in [0.29, 0.717) is 38.4 Å². The monoisotopic (exact) mass is 878 g/mol. The van der Waals surface area contributed by atoms with E-state index in [4.69, 9.17) is 33.1 Å². The average Bonchev–Trinajstić information content (AvgIpc) is 3.72. The summed E-state index contributed by atoms with van der Waals surface area (Å²) in [7, 11) is -4.52. The van der Waals surface area contributed by atoms with E-state index in [0.717, 1.165) is 16.8 Å². The van der Waals surface area contributed by atoms with E-state index in [9.17, 15) is 33.7 Å². The zero-order valence-corrected chi connectivity index (χ0v) is 35.0. The van der Waals surface area contributed by atoms with Crippen LogP contribution in [-0.2, 0) is 74.4 Å². The van der Waals surface area contributed by atoms with Crippen molar-refractivity contribution in [1.29, 1.82) is 0 Å². The summed E-state index contributed by atoms with van der Waals surface area (Å²) in [5, 5.41) is 27.0. The van der Waals surface area contributed by atoms with Crippen LogP contribution in [0.5, 0.6) is 0 Å². The number of carbonyl (C=O) groups excluding carboxylic acids is 4. The van der Waals surface area contributed by atoms with Crippen LogP contribution in [0.25, 0.3) is 12.2 Å². The molecule has 3 aromatic rings. The number of esters is 2. The molecule has 3 N–H and O–H groups in total. The highest BCUT2D eigenvalue weighted by Gasteiger charge is 2.24. The van der Waals surface area contributed by atoms with Gasteiger partial charge in [-0.1, -0.05) is 59.3 Å². The topological polar surface area (TPSA) is 254 Å². The Hall–Kier alpha value is -5.05. The fraction of sp³-hybridized carbons (Fsp3) is 0.500. The fourth-order valence-corrected chi connectivity index (χ4v) is 5.91. The molecule has 0 aliphatic heterocycles. The van der Waals surface area contributed by atoms with Gasteiger partial charge < -0.3 is 48.4 Å². The molecule has 0 bridgehead atoms. The van der Waals surface area contributed by atoms with E-state index in [1.807, 2.05) is 24.3 Å². The Kier molecular flexibility index (Phi) is 24.1. The van der Waals surface area contributed by atoms with Gasteiger partial charge in [0.05, 0.1) is 52.4 Å². The minimum absolute atomic E-state index is 0.0238. The highest BCUT2D eigenvalue weighted by atomic mass is 31.2. The van der Waals surface area contributed by atoms with Crippen LogP contribution in [0.4, 0.5) is 5.69 Å². The zero-order valence-electron chi connectivity index (χ0n) is 34.1. The number of rotatable bonds is 34. The lowest BCUT2D eigenvalue weighted by Gasteiger charge is -2.25. The Morgan fingerprint density at radius 3 is 2.20 bits per heavy atom. The standard InChI is InChI=1S/C40H55N4O16P/c1-32-6-8-33(9-7-32)10-11-34-12-14-36(15-13-34)43(18-21-54-27-37(48)25-45)16-17-44-24-35(41-42-44)26-57-40(50)4-2-19-53-22-23-56-39(49)5-3-20-59-61(51,52)60-29-38(58-31-47)28-55-30-46/h6-15,24,30-31,37-38,45,48H,2-5,16-23,25-29H2,1H3,(H,51,52)/b11-10+. The molecular formula is C40H55N4O16P. The molecule has 0 spiro atoms. The summed E-state index contributed by atoms with van der Waals surface area (Å²) < 4.78 is 53.4. The van der Waals surface area contributed by atoms with Crippen molar-refractivity contribution < 1.29 is 76.3 Å². The first-order valence-electron chi connectivity index (χ1n) is 19.5. The van der Waals surface area contributed by atoms with Gasteiger partial charge in [-0.3, -0.25) is 32.9 Å². The van der Waals surface area contributed by atoms with Gasteiger partial charge in [0.2, 0.25) is 0 Å². The summed E-state index contributed by atoms with van der Waals surface area (Å²) in [6.45, 7) is 2.71. The number of aryl methyl sites for hydroxylation is 1. The van der Waals surface area contributed by atoms with Crippen LogP contribution in [0.2, 0.25) is 0 Å². The van der Waals surface area contributed by atoms with Gasteiger partial charge in [0.1, 0.15) is 31.6 Å². The van der Waals surface area contributed by atoms with Crippen LogP contribution in [0.15, 0.2) is 54.7 Å². The van der Waals surface area contributed by atoms with Gasteiger partial charge in [-0.05, 0) is 43.0 Å². The fourth-order valence-electron chi connectivity index (χ4n) is 5.12. The molecule has 21 heteroatoms. The smallest absolute Gasteiger partial charge is 0.464 e. The van der Waals surface area contributed by atoms with Crippen LogP contribution in [-0.4, -0.2) is 140 Å². The number of phosphoric acid groups is 1. The van der Waals surface area contributed by atoms with Gasteiger partial charge in [-0.25, -0.2) is 4.57 Å². The van der Waals surface area contributed by atoms with Crippen LogP contribution in [0.3, 0.4) is 0 Å². The van der Waals surface area contributed by atoms with Gasteiger partial charge in [-0.15, -0.1) is 5.10 Å². The second-order valence-electron chi connectivity index (χ2n) is 13.3. The Labute approximate surface area is 353 Å². The maximum absolute atomic E-state index is 12.3. The van der Waals surface area contributed by atoms with Gasteiger partial charge in [0.15, 0.2) is 6.10 Å². The van der Waals surface area contributed by atoms with Crippen molar-refractivity contribution in [2.45, 2.75) is 58.0 Å². The van der Waals surface area contributed by atoms with E-state index in [1.54, 1.807) is 10.9 Å².